The zero-order valence-electron chi connectivity index (χ0n) is 23.8. The maximum atomic E-state index is 13.7. The van der Waals surface area contributed by atoms with Crippen molar-refractivity contribution in [2.24, 2.45) is 5.10 Å². The van der Waals surface area contributed by atoms with Crippen molar-refractivity contribution >= 4 is 78.6 Å². The molecule has 13 heteroatoms. The quantitative estimate of drug-likeness (QED) is 0.124. The van der Waals surface area contributed by atoms with E-state index in [1.165, 1.54) is 25.5 Å². The van der Waals surface area contributed by atoms with Crippen molar-refractivity contribution in [1.82, 2.24) is 5.43 Å². The highest BCUT2D eigenvalue weighted by Gasteiger charge is 2.28. The van der Waals surface area contributed by atoms with Crippen LogP contribution in [0.5, 0.6) is 11.5 Å². The Hall–Kier alpha value is -3.28. The molecule has 0 aliphatic heterocycles. The van der Waals surface area contributed by atoms with E-state index < -0.39 is 22.5 Å². The van der Waals surface area contributed by atoms with Crippen LogP contribution in [0.25, 0.3) is 0 Å². The third kappa shape index (κ3) is 8.25. The van der Waals surface area contributed by atoms with Gasteiger partial charge >= 0.3 is 0 Å². The summed E-state index contributed by atoms with van der Waals surface area (Å²) in [5, 5.41) is 5.48. The number of carbonyl (C=O) groups excluding carboxylic acids is 1. The van der Waals surface area contributed by atoms with Gasteiger partial charge in [-0.3, -0.25) is 9.10 Å². The van der Waals surface area contributed by atoms with Crippen LogP contribution in [0.1, 0.15) is 22.3 Å². The molecule has 0 saturated heterocycles. The number of methoxy groups -OCH3 is 1. The number of benzene rings is 4. The van der Waals surface area contributed by atoms with Crippen LogP contribution in [0.15, 0.2) is 87.3 Å². The smallest absolute Gasteiger partial charge is 0.264 e. The van der Waals surface area contributed by atoms with Crippen molar-refractivity contribution in [3.8, 4) is 11.5 Å². The van der Waals surface area contributed by atoms with Crippen LogP contribution < -0.4 is 19.2 Å². The van der Waals surface area contributed by atoms with E-state index in [0.29, 0.717) is 47.9 Å². The molecule has 0 spiro atoms. The van der Waals surface area contributed by atoms with Gasteiger partial charge in [-0.25, -0.2) is 13.8 Å². The SMILES string of the molecule is COc1cc(/C=N\NC(=O)CN(c2ccc(Cl)cc2C)S(=O)(=O)c2ccc(C)cc2)cc(Br)c1OCc1ccc(Cl)cc1Cl. The predicted molar refractivity (Wildman–Crippen MR) is 179 cm³/mol. The molecule has 1 N–H and O–H groups in total. The monoisotopic (exact) mass is 737 g/mol. The summed E-state index contributed by atoms with van der Waals surface area (Å²) in [6.45, 7) is 3.22. The van der Waals surface area contributed by atoms with E-state index in [-0.39, 0.29) is 11.5 Å². The fourth-order valence-corrected chi connectivity index (χ4v) is 6.87. The summed E-state index contributed by atoms with van der Waals surface area (Å²) in [6.07, 6.45) is 1.40. The second-order valence-corrected chi connectivity index (χ2v) is 13.6. The van der Waals surface area contributed by atoms with E-state index in [0.717, 1.165) is 15.4 Å². The first-order chi connectivity index (χ1) is 20.9. The van der Waals surface area contributed by atoms with E-state index >= 15 is 0 Å². The van der Waals surface area contributed by atoms with Gasteiger partial charge in [-0.05, 0) is 95.5 Å². The summed E-state index contributed by atoms with van der Waals surface area (Å²) in [7, 11) is -2.61. The molecule has 1 amide bonds. The van der Waals surface area contributed by atoms with Gasteiger partial charge < -0.3 is 9.47 Å². The summed E-state index contributed by atoms with van der Waals surface area (Å²) in [5.41, 5.74) is 5.53. The lowest BCUT2D eigenvalue weighted by Gasteiger charge is -2.25. The van der Waals surface area contributed by atoms with Crippen LogP contribution in [0.2, 0.25) is 15.1 Å². The van der Waals surface area contributed by atoms with Crippen molar-refractivity contribution in [3.63, 3.8) is 0 Å². The first-order valence-electron chi connectivity index (χ1n) is 13.0. The number of nitrogens with one attached hydrogen (secondary N) is 1. The average molecular weight is 740 g/mol. The number of anilines is 1. The molecule has 0 aromatic heterocycles. The second-order valence-electron chi connectivity index (χ2n) is 9.61. The van der Waals surface area contributed by atoms with E-state index in [4.69, 9.17) is 44.3 Å². The van der Waals surface area contributed by atoms with Gasteiger partial charge in [-0.2, -0.15) is 5.10 Å². The van der Waals surface area contributed by atoms with Gasteiger partial charge in [0, 0.05) is 20.6 Å². The molecule has 230 valence electrons. The highest BCUT2D eigenvalue weighted by molar-refractivity contribution is 9.10. The summed E-state index contributed by atoms with van der Waals surface area (Å²) in [6, 6.07) is 19.7. The van der Waals surface area contributed by atoms with Gasteiger partial charge in [0.05, 0.1) is 28.4 Å². The first kappa shape index (κ1) is 33.6. The third-order valence-corrected chi connectivity index (χ3v) is 9.55. The summed E-state index contributed by atoms with van der Waals surface area (Å²) in [5.74, 6) is 0.193. The number of rotatable bonds is 11. The predicted octanol–water partition coefficient (Wildman–Crippen LogP) is 7.96. The molecular formula is C31H27BrCl3N3O5S. The number of nitrogens with zero attached hydrogens (tertiary/aromatic N) is 2. The number of sulfonamides is 1. The Labute approximate surface area is 279 Å². The normalized spacial score (nSPS) is 11.4. The fourth-order valence-electron chi connectivity index (χ4n) is 4.12. The number of hydrogen-bond donors (Lipinski definition) is 1. The Morgan fingerprint density at radius 3 is 2.32 bits per heavy atom. The van der Waals surface area contributed by atoms with Crippen LogP contribution in [-0.2, 0) is 21.4 Å². The van der Waals surface area contributed by atoms with Crippen LogP contribution >= 0.6 is 50.7 Å². The zero-order chi connectivity index (χ0) is 32.0. The molecule has 0 aliphatic rings. The minimum atomic E-state index is -4.10. The van der Waals surface area contributed by atoms with Crippen molar-refractivity contribution in [2.45, 2.75) is 25.3 Å². The van der Waals surface area contributed by atoms with Crippen molar-refractivity contribution in [2.75, 3.05) is 18.0 Å². The van der Waals surface area contributed by atoms with Gasteiger partial charge in [0.1, 0.15) is 13.2 Å². The van der Waals surface area contributed by atoms with Gasteiger partial charge in [0.25, 0.3) is 15.9 Å². The van der Waals surface area contributed by atoms with Crippen molar-refractivity contribution in [1.29, 1.82) is 0 Å². The summed E-state index contributed by atoms with van der Waals surface area (Å²) < 4.78 is 40.4. The van der Waals surface area contributed by atoms with Gasteiger partial charge in [-0.15, -0.1) is 0 Å². The number of hydrazone groups is 1. The van der Waals surface area contributed by atoms with Crippen LogP contribution in [-0.4, -0.2) is 34.2 Å². The molecule has 44 heavy (non-hydrogen) atoms. The Morgan fingerprint density at radius 1 is 0.977 bits per heavy atom. The third-order valence-electron chi connectivity index (χ3n) is 6.37. The molecule has 0 heterocycles. The number of aryl methyl sites for hydroxylation is 2. The minimum absolute atomic E-state index is 0.0475. The van der Waals surface area contributed by atoms with Crippen LogP contribution in [0.3, 0.4) is 0 Å². The Balaban J connectivity index is 1.51. The Morgan fingerprint density at radius 2 is 1.66 bits per heavy atom. The Kier molecular flexibility index (Phi) is 11.2. The highest BCUT2D eigenvalue weighted by Crippen LogP contribution is 2.37. The molecule has 4 aromatic carbocycles. The van der Waals surface area contributed by atoms with Gasteiger partial charge in [0.15, 0.2) is 11.5 Å². The molecule has 0 radical (unpaired) electrons. The largest absolute Gasteiger partial charge is 0.493 e. The summed E-state index contributed by atoms with van der Waals surface area (Å²) >= 11 is 21.8. The molecule has 0 unspecified atom stereocenters. The highest BCUT2D eigenvalue weighted by atomic mass is 79.9. The Bertz CT molecular complexity index is 1820. The molecule has 4 rings (SSSR count). The summed E-state index contributed by atoms with van der Waals surface area (Å²) in [4.78, 5) is 13.1. The molecule has 8 nitrogen and oxygen atoms in total. The number of carbonyl (C=O) groups is 1. The number of amides is 1. The van der Waals surface area contributed by atoms with E-state index in [1.54, 1.807) is 67.6 Å². The van der Waals surface area contributed by atoms with Crippen LogP contribution in [0, 0.1) is 13.8 Å². The molecule has 0 saturated carbocycles. The lowest BCUT2D eigenvalue weighted by atomic mass is 10.2. The standard InChI is InChI=1S/C31H27BrCl3N3O5S/c1-19-4-9-25(10-5-19)44(40,41)38(28-11-8-23(33)12-20(28)2)17-30(39)37-36-16-21-13-26(32)31(29(14-21)42-3)43-18-22-6-7-24(34)15-27(22)35/h4-16H,17-18H2,1-3H3,(H,37,39)/b36-16-. The van der Waals surface area contributed by atoms with Gasteiger partial charge in [-0.1, -0.05) is 58.6 Å². The molecule has 0 aliphatic carbocycles. The van der Waals surface area contributed by atoms with E-state index in [2.05, 4.69) is 26.5 Å². The fraction of sp³-hybridized carbons (Fsp3) is 0.161. The average Bonchev–Trinajstić information content (AvgIpc) is 2.96. The zero-order valence-corrected chi connectivity index (χ0v) is 28.4. The molecule has 0 fully saturated rings. The molecule has 0 atom stereocenters. The second kappa shape index (κ2) is 14.7. The lowest BCUT2D eigenvalue weighted by molar-refractivity contribution is -0.119. The minimum Gasteiger partial charge on any atom is -0.493 e. The molecule has 0 bridgehead atoms. The maximum absolute atomic E-state index is 13.7. The molecular weight excluding hydrogens is 713 g/mol. The topological polar surface area (TPSA) is 97.3 Å². The lowest BCUT2D eigenvalue weighted by Crippen LogP contribution is -2.40. The van der Waals surface area contributed by atoms with E-state index in [9.17, 15) is 13.2 Å². The van der Waals surface area contributed by atoms with Gasteiger partial charge in [0.2, 0.25) is 0 Å². The first-order valence-corrected chi connectivity index (χ1v) is 16.4. The molecule has 4 aromatic rings. The van der Waals surface area contributed by atoms with Crippen molar-refractivity contribution in [3.05, 3.63) is 115 Å². The number of ether oxygens (including phenoxy) is 2. The van der Waals surface area contributed by atoms with E-state index in [1.807, 2.05) is 6.92 Å². The number of halogens is 4. The van der Waals surface area contributed by atoms with Crippen LogP contribution in [0.4, 0.5) is 5.69 Å². The maximum Gasteiger partial charge on any atom is 0.264 e. The van der Waals surface area contributed by atoms with Crippen molar-refractivity contribution < 1.29 is 22.7 Å². The number of hydrogen-bond acceptors (Lipinski definition) is 6.